The fourth-order valence-corrected chi connectivity index (χ4v) is 5.98. The molecule has 1 aliphatic rings. The van der Waals surface area contributed by atoms with Gasteiger partial charge in [-0.3, -0.25) is 4.79 Å². The van der Waals surface area contributed by atoms with Crippen molar-refractivity contribution in [2.75, 3.05) is 11.5 Å². The maximum Gasteiger partial charge on any atom is 0.269 e. The van der Waals surface area contributed by atoms with Gasteiger partial charge in [-0.1, -0.05) is 12.1 Å². The molecule has 26 heavy (non-hydrogen) atoms. The van der Waals surface area contributed by atoms with Crippen LogP contribution in [0.4, 0.5) is 4.39 Å². The molecule has 2 aromatic rings. The standard InChI is InChI=1S/C14H15FN4O5S2/c15-9-3-1-2-4-13(9)26(23,24)19-12-7-25(21,22)6-11(12)18-14(20)10-5-16-8-17-10/h1-5,8,11-12,19H,6-7H2,(H,16,17)(H,18,20)/t11-,12-/m1/s1. The van der Waals surface area contributed by atoms with Gasteiger partial charge in [0.05, 0.1) is 36.1 Å². The molecule has 1 amide bonds. The first-order valence-electron chi connectivity index (χ1n) is 7.44. The maximum atomic E-state index is 13.8. The Morgan fingerprint density at radius 2 is 1.92 bits per heavy atom. The number of rotatable bonds is 5. The molecular formula is C14H15FN4O5S2. The number of amides is 1. The first kappa shape index (κ1) is 18.5. The number of nitrogens with zero attached hydrogens (tertiary/aromatic N) is 1. The van der Waals surface area contributed by atoms with E-state index in [2.05, 4.69) is 20.0 Å². The summed E-state index contributed by atoms with van der Waals surface area (Å²) < 4.78 is 64.6. The van der Waals surface area contributed by atoms with E-state index in [1.54, 1.807) is 0 Å². The SMILES string of the molecule is O=C(N[C@@H]1CS(=O)(=O)C[C@H]1NS(=O)(=O)c1ccccc1F)c1cnc[nH]1. The molecule has 0 bridgehead atoms. The zero-order valence-electron chi connectivity index (χ0n) is 13.2. The zero-order valence-corrected chi connectivity index (χ0v) is 14.8. The van der Waals surface area contributed by atoms with Gasteiger partial charge in [0.2, 0.25) is 10.0 Å². The first-order chi connectivity index (χ1) is 12.2. The van der Waals surface area contributed by atoms with Crippen LogP contribution in [0, 0.1) is 5.82 Å². The third kappa shape index (κ3) is 3.92. The Hall–Kier alpha value is -2.31. The molecule has 2 heterocycles. The van der Waals surface area contributed by atoms with Crippen molar-refractivity contribution in [1.29, 1.82) is 0 Å². The van der Waals surface area contributed by atoms with Crippen LogP contribution in [-0.2, 0) is 19.9 Å². The van der Waals surface area contributed by atoms with E-state index in [0.29, 0.717) is 0 Å². The summed E-state index contributed by atoms with van der Waals surface area (Å²) >= 11 is 0. The lowest BCUT2D eigenvalue weighted by Crippen LogP contribution is -2.51. The van der Waals surface area contributed by atoms with Gasteiger partial charge < -0.3 is 10.3 Å². The summed E-state index contributed by atoms with van der Waals surface area (Å²) in [6.45, 7) is 0. The van der Waals surface area contributed by atoms with E-state index in [1.807, 2.05) is 0 Å². The average Bonchev–Trinajstić information content (AvgIpc) is 3.15. The van der Waals surface area contributed by atoms with Crippen LogP contribution in [0.1, 0.15) is 10.5 Å². The minimum Gasteiger partial charge on any atom is -0.345 e. The van der Waals surface area contributed by atoms with Gasteiger partial charge in [0, 0.05) is 0 Å². The topological polar surface area (TPSA) is 138 Å². The summed E-state index contributed by atoms with van der Waals surface area (Å²) in [5.74, 6) is -2.52. The van der Waals surface area contributed by atoms with Crippen molar-refractivity contribution in [3.63, 3.8) is 0 Å². The van der Waals surface area contributed by atoms with E-state index < -0.39 is 60.1 Å². The second-order valence-electron chi connectivity index (χ2n) is 5.78. The van der Waals surface area contributed by atoms with E-state index in [9.17, 15) is 26.0 Å². The molecule has 0 aliphatic carbocycles. The van der Waals surface area contributed by atoms with Gasteiger partial charge in [-0.25, -0.2) is 30.9 Å². The van der Waals surface area contributed by atoms with E-state index in [1.165, 1.54) is 24.7 Å². The largest absolute Gasteiger partial charge is 0.345 e. The number of imidazole rings is 1. The molecule has 1 aromatic carbocycles. The third-order valence-corrected chi connectivity index (χ3v) is 7.10. The molecule has 9 nitrogen and oxygen atoms in total. The van der Waals surface area contributed by atoms with Crippen LogP contribution in [0.2, 0.25) is 0 Å². The number of hydrogen-bond acceptors (Lipinski definition) is 6. The van der Waals surface area contributed by atoms with E-state index in [-0.39, 0.29) is 5.69 Å². The molecule has 0 spiro atoms. The fourth-order valence-electron chi connectivity index (χ4n) is 2.66. The highest BCUT2D eigenvalue weighted by molar-refractivity contribution is 7.92. The number of sulfone groups is 1. The molecule has 140 valence electrons. The number of carbonyl (C=O) groups excluding carboxylic acids is 1. The van der Waals surface area contributed by atoms with Crippen LogP contribution in [-0.4, -0.2) is 56.3 Å². The summed E-state index contributed by atoms with van der Waals surface area (Å²) in [4.78, 5) is 17.8. The number of carbonyl (C=O) groups is 1. The Morgan fingerprint density at radius 1 is 1.23 bits per heavy atom. The number of sulfonamides is 1. The number of H-pyrrole nitrogens is 1. The number of hydrogen-bond donors (Lipinski definition) is 3. The Kier molecular flexibility index (Phi) is 4.82. The quantitative estimate of drug-likeness (QED) is 0.612. The Balaban J connectivity index is 1.82. The maximum absolute atomic E-state index is 13.8. The predicted octanol–water partition coefficient (Wildman–Crippen LogP) is -0.577. The molecule has 2 atom stereocenters. The minimum atomic E-state index is -4.31. The third-order valence-electron chi connectivity index (χ3n) is 3.84. The van der Waals surface area contributed by atoms with Crippen LogP contribution in [0.15, 0.2) is 41.7 Å². The smallest absolute Gasteiger partial charge is 0.269 e. The molecule has 3 rings (SSSR count). The molecule has 1 aliphatic heterocycles. The van der Waals surface area contributed by atoms with Crippen molar-refractivity contribution in [3.8, 4) is 0 Å². The molecule has 0 radical (unpaired) electrons. The summed E-state index contributed by atoms with van der Waals surface area (Å²) in [6.07, 6.45) is 2.52. The molecule has 0 unspecified atom stereocenters. The van der Waals surface area contributed by atoms with Crippen molar-refractivity contribution in [3.05, 3.63) is 48.3 Å². The summed E-state index contributed by atoms with van der Waals surface area (Å²) in [6, 6.07) is 2.60. The monoisotopic (exact) mass is 402 g/mol. The van der Waals surface area contributed by atoms with E-state index in [0.717, 1.165) is 12.1 Å². The van der Waals surface area contributed by atoms with Gasteiger partial charge in [-0.2, -0.15) is 0 Å². The lowest BCUT2D eigenvalue weighted by Gasteiger charge is -2.20. The van der Waals surface area contributed by atoms with Crippen LogP contribution in [0.3, 0.4) is 0 Å². The van der Waals surface area contributed by atoms with Crippen molar-refractivity contribution in [2.24, 2.45) is 0 Å². The Morgan fingerprint density at radius 3 is 2.58 bits per heavy atom. The van der Waals surface area contributed by atoms with Crippen molar-refractivity contribution < 1.29 is 26.0 Å². The molecule has 12 heteroatoms. The molecule has 1 aromatic heterocycles. The van der Waals surface area contributed by atoms with E-state index in [4.69, 9.17) is 0 Å². The Bertz CT molecular complexity index is 1020. The van der Waals surface area contributed by atoms with Gasteiger partial charge in [0.25, 0.3) is 5.91 Å². The number of halogens is 1. The van der Waals surface area contributed by atoms with E-state index >= 15 is 0 Å². The number of aromatic amines is 1. The normalized spacial score (nSPS) is 22.2. The van der Waals surface area contributed by atoms with Crippen LogP contribution >= 0.6 is 0 Å². The zero-order chi connectivity index (χ0) is 18.9. The number of nitrogens with one attached hydrogen (secondary N) is 3. The van der Waals surface area contributed by atoms with Crippen molar-refractivity contribution in [2.45, 2.75) is 17.0 Å². The minimum absolute atomic E-state index is 0.102. The molecule has 1 fully saturated rings. The van der Waals surface area contributed by atoms with Crippen LogP contribution in [0.5, 0.6) is 0 Å². The summed E-state index contributed by atoms with van der Waals surface area (Å²) in [5, 5.41) is 2.47. The van der Waals surface area contributed by atoms with Crippen LogP contribution < -0.4 is 10.0 Å². The summed E-state index contributed by atoms with van der Waals surface area (Å²) in [5.41, 5.74) is 0.102. The van der Waals surface area contributed by atoms with Gasteiger partial charge in [0.1, 0.15) is 16.4 Å². The van der Waals surface area contributed by atoms with Gasteiger partial charge >= 0.3 is 0 Å². The highest BCUT2D eigenvalue weighted by Crippen LogP contribution is 2.19. The second-order valence-corrected chi connectivity index (χ2v) is 9.62. The van der Waals surface area contributed by atoms with Crippen LogP contribution in [0.25, 0.3) is 0 Å². The molecular weight excluding hydrogens is 387 g/mol. The van der Waals surface area contributed by atoms with Crippen molar-refractivity contribution in [1.82, 2.24) is 20.0 Å². The number of benzene rings is 1. The van der Waals surface area contributed by atoms with Gasteiger partial charge in [-0.15, -0.1) is 0 Å². The Labute approximate surface area is 149 Å². The fraction of sp³-hybridized carbons (Fsp3) is 0.286. The average molecular weight is 402 g/mol. The number of aromatic nitrogens is 2. The van der Waals surface area contributed by atoms with Crippen molar-refractivity contribution >= 4 is 25.8 Å². The highest BCUT2D eigenvalue weighted by Gasteiger charge is 2.41. The second kappa shape index (κ2) is 6.78. The molecule has 0 saturated carbocycles. The predicted molar refractivity (Wildman–Crippen MR) is 89.0 cm³/mol. The van der Waals surface area contributed by atoms with Gasteiger partial charge in [0.15, 0.2) is 9.84 Å². The molecule has 3 N–H and O–H groups in total. The lowest BCUT2D eigenvalue weighted by atomic mass is 10.2. The lowest BCUT2D eigenvalue weighted by molar-refractivity contribution is 0.0932. The first-order valence-corrected chi connectivity index (χ1v) is 10.7. The molecule has 1 saturated heterocycles. The van der Waals surface area contributed by atoms with Gasteiger partial charge in [-0.05, 0) is 12.1 Å². The highest BCUT2D eigenvalue weighted by atomic mass is 32.2. The summed E-state index contributed by atoms with van der Waals surface area (Å²) in [7, 11) is -7.89.